The van der Waals surface area contributed by atoms with Crippen molar-refractivity contribution in [1.82, 2.24) is 9.97 Å². The molecule has 4 aromatic rings. The Labute approximate surface area is 198 Å². The van der Waals surface area contributed by atoms with Crippen LogP contribution in [-0.4, -0.2) is 27.0 Å². The largest absolute Gasteiger partial charge is 0.369 e. The van der Waals surface area contributed by atoms with Crippen molar-refractivity contribution in [3.8, 4) is 10.6 Å². The third kappa shape index (κ3) is 5.17. The number of aromatic nitrogens is 2. The number of thiazole rings is 2. The molecule has 1 atom stereocenters. The fraction of sp³-hybridized carbons (Fsp3) is 0.217. The number of nitrogens with two attached hydrogens (primary N) is 1. The van der Waals surface area contributed by atoms with Gasteiger partial charge in [-0.05, 0) is 62.7 Å². The van der Waals surface area contributed by atoms with Crippen LogP contribution < -0.4 is 11.1 Å². The summed E-state index contributed by atoms with van der Waals surface area (Å²) in [6, 6.07) is 14.0. The maximum atomic E-state index is 12.7. The van der Waals surface area contributed by atoms with Gasteiger partial charge in [-0.2, -0.15) is 0 Å². The summed E-state index contributed by atoms with van der Waals surface area (Å²) in [5.74, 6) is -0.494. The molecule has 9 heteroatoms. The Bertz CT molecular complexity index is 1290. The van der Waals surface area contributed by atoms with Crippen LogP contribution in [0.2, 0.25) is 0 Å². The second-order valence-electron chi connectivity index (χ2n) is 7.45. The van der Waals surface area contributed by atoms with E-state index in [1.54, 1.807) is 11.3 Å². The van der Waals surface area contributed by atoms with Crippen LogP contribution in [0, 0.1) is 13.8 Å². The molecule has 2 aromatic carbocycles. The van der Waals surface area contributed by atoms with E-state index in [-0.39, 0.29) is 23.5 Å². The number of hydrogen-bond acceptors (Lipinski definition) is 7. The predicted molar refractivity (Wildman–Crippen MR) is 133 cm³/mol. The number of rotatable bonds is 7. The van der Waals surface area contributed by atoms with Crippen molar-refractivity contribution in [3.63, 3.8) is 0 Å². The van der Waals surface area contributed by atoms with Gasteiger partial charge in [-0.1, -0.05) is 17.8 Å². The maximum absolute atomic E-state index is 12.7. The van der Waals surface area contributed by atoms with E-state index in [0.717, 1.165) is 36.7 Å². The molecule has 6 nitrogen and oxygen atoms in total. The lowest BCUT2D eigenvalue weighted by Gasteiger charge is -2.10. The molecule has 2 aromatic heterocycles. The first-order chi connectivity index (χ1) is 15.3. The topological polar surface area (TPSA) is 98.0 Å². The Balaban J connectivity index is 1.40. The number of nitrogens with zero attached hydrogens (tertiary/aromatic N) is 2. The third-order valence-corrected chi connectivity index (χ3v) is 8.22. The molecule has 0 saturated heterocycles. The zero-order valence-electron chi connectivity index (χ0n) is 17.8. The first-order valence-corrected chi connectivity index (χ1v) is 12.5. The number of fused-ring (bicyclic) bond motifs is 1. The summed E-state index contributed by atoms with van der Waals surface area (Å²) in [5.41, 5.74) is 10.0. The smallest absolute Gasteiger partial charge is 0.237 e. The molecule has 0 radical (unpaired) electrons. The van der Waals surface area contributed by atoms with Crippen molar-refractivity contribution in [2.75, 3.05) is 5.32 Å². The van der Waals surface area contributed by atoms with Crippen LogP contribution in [0.3, 0.4) is 0 Å². The lowest BCUT2D eigenvalue weighted by molar-refractivity contribution is -0.117. The van der Waals surface area contributed by atoms with Gasteiger partial charge in [-0.3, -0.25) is 9.59 Å². The van der Waals surface area contributed by atoms with Crippen LogP contribution in [0.15, 0.2) is 46.8 Å². The molecule has 0 aliphatic carbocycles. The minimum Gasteiger partial charge on any atom is -0.369 e. The number of anilines is 1. The fourth-order valence-electron chi connectivity index (χ4n) is 3.07. The number of primary amides is 1. The molecule has 164 valence electrons. The Morgan fingerprint density at radius 2 is 1.84 bits per heavy atom. The summed E-state index contributed by atoms with van der Waals surface area (Å²) in [4.78, 5) is 33.8. The molecular formula is C23H22N4O2S3. The Kier molecular flexibility index (Phi) is 6.59. The van der Waals surface area contributed by atoms with Crippen LogP contribution in [0.5, 0.6) is 0 Å². The normalized spacial score (nSPS) is 12.1. The summed E-state index contributed by atoms with van der Waals surface area (Å²) in [5, 5.41) is 3.57. The minimum absolute atomic E-state index is 0.109. The average Bonchev–Trinajstić information content (AvgIpc) is 3.30. The fourth-order valence-corrected chi connectivity index (χ4v) is 6.53. The van der Waals surface area contributed by atoms with Crippen LogP contribution >= 0.6 is 34.4 Å². The molecule has 0 aliphatic rings. The molecule has 3 N–H and O–H groups in total. The lowest BCUT2D eigenvalue weighted by Crippen LogP contribution is -2.22. The van der Waals surface area contributed by atoms with Crippen LogP contribution in [-0.2, 0) is 16.0 Å². The highest BCUT2D eigenvalue weighted by Gasteiger charge is 2.18. The standard InChI is InChI=1S/C23H22N4O2S3/c1-12-4-9-17-19(10-12)31-22(27-17)15-5-7-16(8-6-15)26-21(29)14(3)30-23-25-13(2)18(32-23)11-20(24)28/h4-10,14H,11H2,1-3H3,(H2,24,28)(H,26,29). The summed E-state index contributed by atoms with van der Waals surface area (Å²) >= 11 is 4.44. The van der Waals surface area contributed by atoms with Crippen LogP contribution in [0.4, 0.5) is 5.69 Å². The van der Waals surface area contributed by atoms with E-state index in [1.807, 2.05) is 44.2 Å². The Hall–Kier alpha value is -2.75. The monoisotopic (exact) mass is 482 g/mol. The molecule has 4 rings (SSSR count). The van der Waals surface area contributed by atoms with Gasteiger partial charge in [-0.25, -0.2) is 9.97 Å². The van der Waals surface area contributed by atoms with Crippen LogP contribution in [0.25, 0.3) is 20.8 Å². The van der Waals surface area contributed by atoms with E-state index in [4.69, 9.17) is 10.7 Å². The zero-order valence-corrected chi connectivity index (χ0v) is 20.3. The highest BCUT2D eigenvalue weighted by molar-refractivity contribution is 8.02. The van der Waals surface area contributed by atoms with Gasteiger partial charge in [0.25, 0.3) is 0 Å². The number of amides is 2. The Morgan fingerprint density at radius 1 is 1.09 bits per heavy atom. The summed E-state index contributed by atoms with van der Waals surface area (Å²) in [6.45, 7) is 5.75. The van der Waals surface area contributed by atoms with Crippen molar-refractivity contribution < 1.29 is 9.59 Å². The predicted octanol–water partition coefficient (Wildman–Crippen LogP) is 5.18. The van der Waals surface area contributed by atoms with Gasteiger partial charge in [0.05, 0.1) is 27.6 Å². The maximum Gasteiger partial charge on any atom is 0.237 e. The van der Waals surface area contributed by atoms with Gasteiger partial charge in [0.15, 0.2) is 4.34 Å². The van der Waals surface area contributed by atoms with Crippen molar-refractivity contribution in [2.24, 2.45) is 5.73 Å². The van der Waals surface area contributed by atoms with Crippen molar-refractivity contribution in [3.05, 3.63) is 58.6 Å². The molecule has 0 aliphatic heterocycles. The van der Waals surface area contributed by atoms with Gasteiger partial charge in [0.1, 0.15) is 5.01 Å². The molecular weight excluding hydrogens is 460 g/mol. The molecule has 32 heavy (non-hydrogen) atoms. The zero-order chi connectivity index (χ0) is 22.8. The lowest BCUT2D eigenvalue weighted by atomic mass is 10.2. The van der Waals surface area contributed by atoms with E-state index < -0.39 is 0 Å². The summed E-state index contributed by atoms with van der Waals surface area (Å²) in [6.07, 6.45) is 0.172. The molecule has 0 saturated carbocycles. The van der Waals surface area contributed by atoms with E-state index in [9.17, 15) is 9.59 Å². The molecule has 0 bridgehead atoms. The summed E-state index contributed by atoms with van der Waals surface area (Å²) < 4.78 is 1.92. The van der Waals surface area contributed by atoms with E-state index >= 15 is 0 Å². The first kappa shape index (κ1) is 22.4. The van der Waals surface area contributed by atoms with Gasteiger partial charge in [0, 0.05) is 16.1 Å². The van der Waals surface area contributed by atoms with Crippen molar-refractivity contribution in [1.29, 1.82) is 0 Å². The Morgan fingerprint density at radius 3 is 2.56 bits per heavy atom. The van der Waals surface area contributed by atoms with E-state index in [2.05, 4.69) is 29.4 Å². The number of nitrogens with one attached hydrogen (secondary N) is 1. The van der Waals surface area contributed by atoms with Crippen molar-refractivity contribution in [2.45, 2.75) is 36.8 Å². The van der Waals surface area contributed by atoms with E-state index in [1.165, 1.54) is 33.4 Å². The van der Waals surface area contributed by atoms with E-state index in [0.29, 0.717) is 0 Å². The molecule has 1 unspecified atom stereocenters. The number of benzene rings is 2. The second-order valence-corrected chi connectivity index (χ2v) is 11.2. The second kappa shape index (κ2) is 9.40. The molecule has 2 amide bonds. The highest BCUT2D eigenvalue weighted by Crippen LogP contribution is 2.33. The third-order valence-electron chi connectivity index (χ3n) is 4.80. The van der Waals surface area contributed by atoms with Crippen LogP contribution in [0.1, 0.15) is 23.1 Å². The number of carbonyl (C=O) groups excluding carboxylic acids is 2. The van der Waals surface area contributed by atoms with Gasteiger partial charge < -0.3 is 11.1 Å². The highest BCUT2D eigenvalue weighted by atomic mass is 32.2. The first-order valence-electron chi connectivity index (χ1n) is 9.98. The SMILES string of the molecule is Cc1ccc2nc(-c3ccc(NC(=O)C(C)Sc4nc(C)c(CC(N)=O)s4)cc3)sc2c1. The number of thioether (sulfide) groups is 1. The number of carbonyl (C=O) groups is 2. The average molecular weight is 483 g/mol. The molecule has 0 spiro atoms. The summed E-state index contributed by atoms with van der Waals surface area (Å²) in [7, 11) is 0. The van der Waals surface area contributed by atoms with Gasteiger partial charge in [-0.15, -0.1) is 22.7 Å². The molecule has 0 fully saturated rings. The van der Waals surface area contributed by atoms with Gasteiger partial charge in [0.2, 0.25) is 11.8 Å². The quantitative estimate of drug-likeness (QED) is 0.354. The minimum atomic E-state index is -0.386. The van der Waals surface area contributed by atoms with Gasteiger partial charge >= 0.3 is 0 Å². The molecule has 2 heterocycles. The number of aryl methyl sites for hydroxylation is 2. The van der Waals surface area contributed by atoms with Crippen molar-refractivity contribution >= 4 is 62.2 Å². The number of hydrogen-bond donors (Lipinski definition) is 2.